The number of aromatic nitrogens is 1. The summed E-state index contributed by atoms with van der Waals surface area (Å²) in [5.41, 5.74) is -1.30. The Morgan fingerprint density at radius 2 is 1.90 bits per heavy atom. The van der Waals surface area contributed by atoms with Crippen LogP contribution in [0.3, 0.4) is 0 Å². The number of amides is 1. The fraction of sp³-hybridized carbons (Fsp3) is 0.0769. The van der Waals surface area contributed by atoms with Gasteiger partial charge in [0.2, 0.25) is 5.56 Å². The van der Waals surface area contributed by atoms with Crippen molar-refractivity contribution in [3.8, 4) is 0 Å². The average molecular weight is 317 g/mol. The van der Waals surface area contributed by atoms with Gasteiger partial charge in [0.25, 0.3) is 5.91 Å². The van der Waals surface area contributed by atoms with Gasteiger partial charge < -0.3 is 10.3 Å². The van der Waals surface area contributed by atoms with Crippen LogP contribution < -0.4 is 10.9 Å². The highest BCUT2D eigenvalue weighted by Gasteiger charge is 2.31. The molecule has 0 fully saturated rings. The third kappa shape index (κ3) is 3.63. The SMILES string of the molecule is O=C(Nc1ccc(C(F)(F)F)cc1Cl)c1cc[nH]c(=O)c1. The largest absolute Gasteiger partial charge is 0.416 e. The van der Waals surface area contributed by atoms with E-state index in [0.717, 1.165) is 24.3 Å². The molecule has 21 heavy (non-hydrogen) atoms. The van der Waals surface area contributed by atoms with Crippen molar-refractivity contribution in [2.24, 2.45) is 0 Å². The second-order valence-electron chi connectivity index (χ2n) is 4.09. The van der Waals surface area contributed by atoms with E-state index in [1.165, 1.54) is 12.3 Å². The number of carbonyl (C=O) groups excluding carboxylic acids is 1. The van der Waals surface area contributed by atoms with Crippen molar-refractivity contribution in [1.82, 2.24) is 4.98 Å². The first-order chi connectivity index (χ1) is 9.77. The van der Waals surface area contributed by atoms with Gasteiger partial charge in [-0.2, -0.15) is 13.2 Å². The van der Waals surface area contributed by atoms with E-state index >= 15 is 0 Å². The van der Waals surface area contributed by atoms with Gasteiger partial charge in [-0.3, -0.25) is 9.59 Å². The summed E-state index contributed by atoms with van der Waals surface area (Å²) >= 11 is 5.72. The minimum absolute atomic E-state index is 0.0231. The molecule has 8 heteroatoms. The Balaban J connectivity index is 2.24. The highest BCUT2D eigenvalue weighted by atomic mass is 35.5. The number of halogens is 4. The molecule has 110 valence electrons. The molecular weight excluding hydrogens is 309 g/mol. The normalized spacial score (nSPS) is 11.2. The Morgan fingerprint density at radius 1 is 1.19 bits per heavy atom. The molecule has 0 aliphatic carbocycles. The number of hydrogen-bond donors (Lipinski definition) is 2. The molecule has 1 heterocycles. The zero-order valence-corrected chi connectivity index (χ0v) is 11.0. The molecule has 1 aromatic heterocycles. The fourth-order valence-electron chi connectivity index (χ4n) is 1.57. The van der Waals surface area contributed by atoms with Crippen LogP contribution in [0.25, 0.3) is 0 Å². The predicted octanol–water partition coefficient (Wildman–Crippen LogP) is 3.30. The number of H-pyrrole nitrogens is 1. The molecule has 0 unspecified atom stereocenters. The summed E-state index contributed by atoms with van der Waals surface area (Å²) in [4.78, 5) is 25.3. The van der Waals surface area contributed by atoms with Crippen LogP contribution in [0.5, 0.6) is 0 Å². The molecule has 2 aromatic rings. The average Bonchev–Trinajstić information content (AvgIpc) is 2.39. The lowest BCUT2D eigenvalue weighted by molar-refractivity contribution is -0.137. The highest BCUT2D eigenvalue weighted by molar-refractivity contribution is 6.34. The smallest absolute Gasteiger partial charge is 0.329 e. The number of benzene rings is 1. The molecule has 0 spiro atoms. The summed E-state index contributed by atoms with van der Waals surface area (Å²) < 4.78 is 37.5. The summed E-state index contributed by atoms with van der Waals surface area (Å²) in [5, 5.41) is 2.09. The quantitative estimate of drug-likeness (QED) is 0.893. The maximum absolute atomic E-state index is 12.5. The molecule has 1 aromatic carbocycles. The molecule has 2 rings (SSSR count). The van der Waals surface area contributed by atoms with Crippen molar-refractivity contribution in [1.29, 1.82) is 0 Å². The molecule has 2 N–H and O–H groups in total. The Morgan fingerprint density at radius 3 is 2.48 bits per heavy atom. The van der Waals surface area contributed by atoms with Crippen LogP contribution in [0, 0.1) is 0 Å². The van der Waals surface area contributed by atoms with Crippen molar-refractivity contribution < 1.29 is 18.0 Å². The van der Waals surface area contributed by atoms with Crippen LogP contribution in [0.15, 0.2) is 41.3 Å². The van der Waals surface area contributed by atoms with Crippen LogP contribution in [-0.2, 0) is 6.18 Å². The number of hydrogen-bond acceptors (Lipinski definition) is 2. The van der Waals surface area contributed by atoms with Crippen LogP contribution in [0.2, 0.25) is 5.02 Å². The second kappa shape index (κ2) is 5.61. The Labute approximate surface area is 121 Å². The zero-order valence-electron chi connectivity index (χ0n) is 10.3. The van der Waals surface area contributed by atoms with E-state index in [0.29, 0.717) is 0 Å². The highest BCUT2D eigenvalue weighted by Crippen LogP contribution is 2.33. The predicted molar refractivity (Wildman–Crippen MR) is 71.5 cm³/mol. The molecule has 0 atom stereocenters. The fourth-order valence-corrected chi connectivity index (χ4v) is 1.80. The molecule has 0 saturated carbocycles. The molecular formula is C13H8ClF3N2O2. The van der Waals surface area contributed by atoms with Gasteiger partial charge in [-0.1, -0.05) is 11.6 Å². The van der Waals surface area contributed by atoms with Gasteiger partial charge in [-0.05, 0) is 24.3 Å². The number of aromatic amines is 1. The summed E-state index contributed by atoms with van der Waals surface area (Å²) in [6.45, 7) is 0. The van der Waals surface area contributed by atoms with E-state index in [1.54, 1.807) is 0 Å². The van der Waals surface area contributed by atoms with Gasteiger partial charge in [0.15, 0.2) is 0 Å². The topological polar surface area (TPSA) is 62.0 Å². The third-order valence-electron chi connectivity index (χ3n) is 2.58. The first-order valence-corrected chi connectivity index (χ1v) is 6.02. The number of alkyl halides is 3. The molecule has 0 radical (unpaired) electrons. The van der Waals surface area contributed by atoms with Crippen LogP contribution in [-0.4, -0.2) is 10.9 Å². The second-order valence-corrected chi connectivity index (χ2v) is 4.50. The van der Waals surface area contributed by atoms with Crippen LogP contribution in [0.1, 0.15) is 15.9 Å². The maximum Gasteiger partial charge on any atom is 0.416 e. The van der Waals surface area contributed by atoms with E-state index in [-0.39, 0.29) is 16.3 Å². The van der Waals surface area contributed by atoms with Gasteiger partial charge in [0.05, 0.1) is 16.3 Å². The Hall–Kier alpha value is -2.28. The van der Waals surface area contributed by atoms with E-state index in [1.807, 2.05) is 0 Å². The summed E-state index contributed by atoms with van der Waals surface area (Å²) in [6.07, 6.45) is -3.23. The van der Waals surface area contributed by atoms with Crippen LogP contribution >= 0.6 is 11.6 Å². The van der Waals surface area contributed by atoms with Crippen molar-refractivity contribution >= 4 is 23.2 Å². The monoisotopic (exact) mass is 316 g/mol. The standard InChI is InChI=1S/C13H8ClF3N2O2/c14-9-6-8(13(15,16)17)1-2-10(9)19-12(21)7-3-4-18-11(20)5-7/h1-6H,(H,18,20)(H,19,21). The summed E-state index contributed by atoms with van der Waals surface area (Å²) in [5.74, 6) is -0.650. The Kier molecular flexibility index (Phi) is 4.04. The Bertz CT molecular complexity index is 741. The molecule has 0 bridgehead atoms. The van der Waals surface area contributed by atoms with E-state index in [9.17, 15) is 22.8 Å². The third-order valence-corrected chi connectivity index (χ3v) is 2.89. The molecule has 0 saturated heterocycles. The number of nitrogens with one attached hydrogen (secondary N) is 2. The van der Waals surface area contributed by atoms with Gasteiger partial charge in [-0.15, -0.1) is 0 Å². The molecule has 0 aliphatic heterocycles. The maximum atomic E-state index is 12.5. The van der Waals surface area contributed by atoms with Crippen molar-refractivity contribution in [3.63, 3.8) is 0 Å². The van der Waals surface area contributed by atoms with E-state index in [4.69, 9.17) is 11.6 Å². The lowest BCUT2D eigenvalue weighted by Crippen LogP contribution is -2.16. The molecule has 0 aliphatic rings. The molecule has 4 nitrogen and oxygen atoms in total. The minimum Gasteiger partial charge on any atom is -0.329 e. The summed E-state index contributed by atoms with van der Waals surface area (Å²) in [6, 6.07) is 4.99. The van der Waals surface area contributed by atoms with Gasteiger partial charge >= 0.3 is 6.18 Å². The minimum atomic E-state index is -4.51. The van der Waals surface area contributed by atoms with E-state index < -0.39 is 23.2 Å². The van der Waals surface area contributed by atoms with Crippen molar-refractivity contribution in [2.45, 2.75) is 6.18 Å². The number of pyridine rings is 1. The first kappa shape index (κ1) is 15.1. The van der Waals surface area contributed by atoms with Gasteiger partial charge in [-0.25, -0.2) is 0 Å². The van der Waals surface area contributed by atoms with Crippen LogP contribution in [0.4, 0.5) is 18.9 Å². The lowest BCUT2D eigenvalue weighted by Gasteiger charge is -2.11. The zero-order chi connectivity index (χ0) is 15.6. The van der Waals surface area contributed by atoms with Crippen molar-refractivity contribution in [3.05, 3.63) is 63.0 Å². The summed E-state index contributed by atoms with van der Waals surface area (Å²) in [7, 11) is 0. The first-order valence-electron chi connectivity index (χ1n) is 5.64. The number of anilines is 1. The number of carbonyl (C=O) groups is 1. The van der Waals surface area contributed by atoms with Gasteiger partial charge in [0, 0.05) is 17.8 Å². The lowest BCUT2D eigenvalue weighted by atomic mass is 10.2. The number of rotatable bonds is 2. The van der Waals surface area contributed by atoms with Gasteiger partial charge in [0.1, 0.15) is 0 Å². The van der Waals surface area contributed by atoms with E-state index in [2.05, 4.69) is 10.3 Å². The van der Waals surface area contributed by atoms with Crippen molar-refractivity contribution in [2.75, 3.05) is 5.32 Å². The molecule has 1 amide bonds.